The van der Waals surface area contributed by atoms with E-state index in [1.54, 1.807) is 13.8 Å². The molecule has 0 aromatic rings. The maximum Gasteiger partial charge on any atom is 0.306 e. The lowest BCUT2D eigenvalue weighted by Gasteiger charge is -2.23. The standard InChI is InChI=1S/C10H16O5/c1-3-13-9(12)4-5-10(2)14-7-8(6-11)15-10/h7,11H,3-6H2,1-2H3. The van der Waals surface area contributed by atoms with Gasteiger partial charge >= 0.3 is 5.97 Å². The van der Waals surface area contributed by atoms with Crippen LogP contribution in [-0.4, -0.2) is 30.1 Å². The molecule has 1 unspecified atom stereocenters. The monoisotopic (exact) mass is 216 g/mol. The fourth-order valence-electron chi connectivity index (χ4n) is 1.26. The van der Waals surface area contributed by atoms with Crippen molar-refractivity contribution in [1.29, 1.82) is 0 Å². The van der Waals surface area contributed by atoms with Crippen LogP contribution in [0.25, 0.3) is 0 Å². The van der Waals surface area contributed by atoms with E-state index >= 15 is 0 Å². The van der Waals surface area contributed by atoms with Crippen LogP contribution in [0.4, 0.5) is 0 Å². The Morgan fingerprint density at radius 2 is 2.40 bits per heavy atom. The molecule has 5 nitrogen and oxygen atoms in total. The molecule has 86 valence electrons. The number of rotatable bonds is 5. The molecule has 0 amide bonds. The van der Waals surface area contributed by atoms with E-state index in [1.165, 1.54) is 6.26 Å². The van der Waals surface area contributed by atoms with Gasteiger partial charge < -0.3 is 19.3 Å². The Morgan fingerprint density at radius 3 is 2.93 bits per heavy atom. The lowest BCUT2D eigenvalue weighted by atomic mass is 10.1. The normalized spacial score (nSPS) is 24.1. The maximum atomic E-state index is 11.1. The van der Waals surface area contributed by atoms with Crippen molar-refractivity contribution in [2.45, 2.75) is 32.5 Å². The number of carbonyl (C=O) groups is 1. The average molecular weight is 216 g/mol. The Balaban J connectivity index is 2.31. The van der Waals surface area contributed by atoms with Crippen LogP contribution in [0.3, 0.4) is 0 Å². The van der Waals surface area contributed by atoms with Gasteiger partial charge in [0.05, 0.1) is 13.0 Å². The lowest BCUT2D eigenvalue weighted by Crippen LogP contribution is -2.27. The molecule has 1 aliphatic heterocycles. The van der Waals surface area contributed by atoms with Gasteiger partial charge in [-0.15, -0.1) is 0 Å². The number of esters is 1. The van der Waals surface area contributed by atoms with Gasteiger partial charge in [-0.1, -0.05) is 0 Å². The van der Waals surface area contributed by atoms with Crippen LogP contribution in [-0.2, 0) is 19.0 Å². The number of aliphatic hydroxyl groups excluding tert-OH is 1. The van der Waals surface area contributed by atoms with Gasteiger partial charge in [0.2, 0.25) is 5.79 Å². The lowest BCUT2D eigenvalue weighted by molar-refractivity contribution is -0.158. The molecular formula is C10H16O5. The second kappa shape index (κ2) is 5.02. The van der Waals surface area contributed by atoms with Crippen LogP contribution < -0.4 is 0 Å². The Kier molecular flexibility index (Phi) is 3.96. The quantitative estimate of drug-likeness (QED) is 0.692. The maximum absolute atomic E-state index is 11.1. The average Bonchev–Trinajstić information content (AvgIpc) is 2.59. The Bertz CT molecular complexity index is 261. The third kappa shape index (κ3) is 3.43. The van der Waals surface area contributed by atoms with Crippen molar-refractivity contribution < 1.29 is 24.1 Å². The summed E-state index contributed by atoms with van der Waals surface area (Å²) in [6, 6.07) is 0. The summed E-state index contributed by atoms with van der Waals surface area (Å²) in [6.45, 7) is 3.64. The van der Waals surface area contributed by atoms with Gasteiger partial charge in [0.25, 0.3) is 0 Å². The predicted octanol–water partition coefficient (Wildman–Crippen LogP) is 0.926. The van der Waals surface area contributed by atoms with E-state index in [1.807, 2.05) is 0 Å². The van der Waals surface area contributed by atoms with Gasteiger partial charge in [-0.2, -0.15) is 0 Å². The number of carbonyl (C=O) groups excluding carboxylic acids is 1. The summed E-state index contributed by atoms with van der Waals surface area (Å²) in [5, 5.41) is 8.79. The molecule has 1 heterocycles. The predicted molar refractivity (Wildman–Crippen MR) is 51.6 cm³/mol. The fourth-order valence-corrected chi connectivity index (χ4v) is 1.26. The van der Waals surface area contributed by atoms with Gasteiger partial charge in [-0.3, -0.25) is 4.79 Å². The summed E-state index contributed by atoms with van der Waals surface area (Å²) in [5.41, 5.74) is 0. The Labute approximate surface area is 88.6 Å². The molecule has 15 heavy (non-hydrogen) atoms. The highest BCUT2D eigenvalue weighted by atomic mass is 16.7. The van der Waals surface area contributed by atoms with Crippen molar-refractivity contribution in [2.24, 2.45) is 0 Å². The highest BCUT2D eigenvalue weighted by molar-refractivity contribution is 5.69. The molecule has 1 aliphatic rings. The molecule has 0 spiro atoms. The minimum atomic E-state index is -0.856. The molecule has 0 aromatic carbocycles. The molecule has 0 fully saturated rings. The Morgan fingerprint density at radius 1 is 1.67 bits per heavy atom. The minimum Gasteiger partial charge on any atom is -0.466 e. The van der Waals surface area contributed by atoms with E-state index in [4.69, 9.17) is 19.3 Å². The van der Waals surface area contributed by atoms with E-state index in [0.29, 0.717) is 18.8 Å². The van der Waals surface area contributed by atoms with E-state index in [2.05, 4.69) is 0 Å². The summed E-state index contributed by atoms with van der Waals surface area (Å²) < 4.78 is 15.3. The third-order valence-corrected chi connectivity index (χ3v) is 2.03. The summed E-state index contributed by atoms with van der Waals surface area (Å²) >= 11 is 0. The molecule has 1 atom stereocenters. The first-order valence-corrected chi connectivity index (χ1v) is 4.92. The Hall–Kier alpha value is -1.23. The van der Waals surface area contributed by atoms with E-state index in [0.717, 1.165) is 0 Å². The highest BCUT2D eigenvalue weighted by Crippen LogP contribution is 2.29. The van der Waals surface area contributed by atoms with Crippen molar-refractivity contribution in [3.8, 4) is 0 Å². The molecular weight excluding hydrogens is 200 g/mol. The zero-order chi connectivity index (χ0) is 11.3. The second-order valence-electron chi connectivity index (χ2n) is 3.40. The van der Waals surface area contributed by atoms with Gasteiger partial charge in [0.15, 0.2) is 5.76 Å². The van der Waals surface area contributed by atoms with E-state index in [9.17, 15) is 4.79 Å². The second-order valence-corrected chi connectivity index (χ2v) is 3.40. The van der Waals surface area contributed by atoms with Gasteiger partial charge in [0.1, 0.15) is 12.9 Å². The molecule has 0 saturated heterocycles. The van der Waals surface area contributed by atoms with Crippen LogP contribution in [0.5, 0.6) is 0 Å². The summed E-state index contributed by atoms with van der Waals surface area (Å²) in [7, 11) is 0. The van der Waals surface area contributed by atoms with Crippen molar-refractivity contribution in [3.63, 3.8) is 0 Å². The van der Waals surface area contributed by atoms with Gasteiger partial charge in [0, 0.05) is 13.3 Å². The number of ether oxygens (including phenoxy) is 3. The van der Waals surface area contributed by atoms with Crippen molar-refractivity contribution in [1.82, 2.24) is 0 Å². The SMILES string of the molecule is CCOC(=O)CCC1(C)OC=C(CO)O1. The molecule has 1 N–H and O–H groups in total. The molecule has 0 bridgehead atoms. The van der Waals surface area contributed by atoms with Crippen LogP contribution in [0.2, 0.25) is 0 Å². The fraction of sp³-hybridized carbons (Fsp3) is 0.700. The first-order valence-electron chi connectivity index (χ1n) is 4.92. The van der Waals surface area contributed by atoms with Crippen molar-refractivity contribution in [2.75, 3.05) is 13.2 Å². The first kappa shape index (κ1) is 11.8. The molecule has 5 heteroatoms. The molecule has 0 aromatic heterocycles. The zero-order valence-electron chi connectivity index (χ0n) is 8.99. The van der Waals surface area contributed by atoms with Crippen LogP contribution >= 0.6 is 0 Å². The number of aliphatic hydroxyl groups is 1. The molecule has 0 aliphatic carbocycles. The zero-order valence-corrected chi connectivity index (χ0v) is 8.99. The number of hydrogen-bond acceptors (Lipinski definition) is 5. The first-order chi connectivity index (χ1) is 7.09. The topological polar surface area (TPSA) is 65.0 Å². The highest BCUT2D eigenvalue weighted by Gasteiger charge is 2.33. The smallest absolute Gasteiger partial charge is 0.306 e. The third-order valence-electron chi connectivity index (χ3n) is 2.03. The van der Waals surface area contributed by atoms with E-state index < -0.39 is 5.79 Å². The molecule has 0 saturated carbocycles. The number of hydrogen-bond donors (Lipinski definition) is 1. The minimum absolute atomic E-state index is 0.199. The summed E-state index contributed by atoms with van der Waals surface area (Å²) in [6.07, 6.45) is 1.99. The van der Waals surface area contributed by atoms with E-state index in [-0.39, 0.29) is 19.0 Å². The van der Waals surface area contributed by atoms with Gasteiger partial charge in [-0.25, -0.2) is 0 Å². The summed E-state index contributed by atoms with van der Waals surface area (Å²) in [4.78, 5) is 11.1. The van der Waals surface area contributed by atoms with Crippen LogP contribution in [0.15, 0.2) is 12.0 Å². The van der Waals surface area contributed by atoms with Crippen LogP contribution in [0.1, 0.15) is 26.7 Å². The van der Waals surface area contributed by atoms with Crippen molar-refractivity contribution in [3.05, 3.63) is 12.0 Å². The van der Waals surface area contributed by atoms with Gasteiger partial charge in [-0.05, 0) is 6.92 Å². The molecule has 0 radical (unpaired) electrons. The van der Waals surface area contributed by atoms with Crippen molar-refractivity contribution >= 4 is 5.97 Å². The summed E-state index contributed by atoms with van der Waals surface area (Å²) in [5.74, 6) is -0.755. The van der Waals surface area contributed by atoms with Crippen LogP contribution in [0, 0.1) is 0 Å². The largest absolute Gasteiger partial charge is 0.466 e. The molecule has 1 rings (SSSR count).